The lowest BCUT2D eigenvalue weighted by Crippen LogP contribution is -2.42. The first-order chi connectivity index (χ1) is 15.2. The maximum atomic E-state index is 13.3. The van der Waals surface area contributed by atoms with Gasteiger partial charge < -0.3 is 25.3 Å². The molecule has 2 aromatic carbocycles. The number of para-hydroxylation sites is 2. The number of halogens is 1. The van der Waals surface area contributed by atoms with Gasteiger partial charge in [-0.05, 0) is 48.7 Å². The lowest BCUT2D eigenvalue weighted by atomic mass is 10.1. The van der Waals surface area contributed by atoms with Crippen molar-refractivity contribution in [1.82, 2.24) is 15.6 Å². The number of ether oxygens (including phenoxy) is 1. The first-order valence-electron chi connectivity index (χ1n) is 10.4. The summed E-state index contributed by atoms with van der Waals surface area (Å²) in [4.78, 5) is 21.4. The van der Waals surface area contributed by atoms with Gasteiger partial charge in [-0.3, -0.25) is 9.79 Å². The predicted molar refractivity (Wildman–Crippen MR) is 120 cm³/mol. The highest BCUT2D eigenvalue weighted by Crippen LogP contribution is 2.31. The number of amides is 1. The number of aliphatic imine (C=N–C) groups is 1. The van der Waals surface area contributed by atoms with Crippen LogP contribution in [0.4, 0.5) is 10.1 Å². The van der Waals surface area contributed by atoms with Crippen LogP contribution in [0.3, 0.4) is 0 Å². The molecule has 7 nitrogen and oxygen atoms in total. The highest BCUT2D eigenvalue weighted by molar-refractivity contribution is 5.97. The van der Waals surface area contributed by atoms with Gasteiger partial charge in [0, 0.05) is 43.8 Å². The first kappa shape index (κ1) is 20.7. The van der Waals surface area contributed by atoms with Crippen molar-refractivity contribution in [1.29, 1.82) is 0 Å². The van der Waals surface area contributed by atoms with E-state index in [9.17, 15) is 9.18 Å². The molecule has 0 radical (unpaired) electrons. The summed E-state index contributed by atoms with van der Waals surface area (Å²) in [5.74, 6) is 1.18. The highest BCUT2D eigenvalue weighted by atomic mass is 19.1. The summed E-state index contributed by atoms with van der Waals surface area (Å²) in [6, 6.07) is 12.4. The van der Waals surface area contributed by atoms with E-state index in [1.807, 2.05) is 30.5 Å². The summed E-state index contributed by atoms with van der Waals surface area (Å²) >= 11 is 0. The van der Waals surface area contributed by atoms with E-state index >= 15 is 0 Å². The molecule has 1 aliphatic rings. The van der Waals surface area contributed by atoms with Crippen LogP contribution in [0.15, 0.2) is 53.7 Å². The van der Waals surface area contributed by atoms with E-state index in [4.69, 9.17) is 4.74 Å². The zero-order valence-corrected chi connectivity index (χ0v) is 17.5. The SMILES string of the molecule is CN=C(NCCCN1C(=O)COc2ccccc21)NCCc1c[nH]c2cc(F)ccc12. The standard InChI is InChI=1S/C23H26FN5O2/c1-25-23(27-11-9-16-14-28-19-13-17(24)7-8-18(16)19)26-10-4-12-29-20-5-2-3-6-21(20)31-15-22(29)30/h2-3,5-8,13-14,28H,4,9-12,15H2,1H3,(H2,25,26,27). The maximum absolute atomic E-state index is 13.3. The minimum Gasteiger partial charge on any atom is -0.482 e. The summed E-state index contributed by atoms with van der Waals surface area (Å²) in [6.07, 6.45) is 3.47. The molecule has 0 saturated carbocycles. The molecule has 8 heteroatoms. The Morgan fingerprint density at radius 1 is 1.23 bits per heavy atom. The molecule has 4 rings (SSSR count). The van der Waals surface area contributed by atoms with E-state index in [1.165, 1.54) is 12.1 Å². The van der Waals surface area contributed by atoms with Gasteiger partial charge in [0.1, 0.15) is 11.6 Å². The molecule has 0 unspecified atom stereocenters. The number of nitrogens with zero attached hydrogens (tertiary/aromatic N) is 2. The fourth-order valence-corrected chi connectivity index (χ4v) is 3.74. The molecule has 1 aliphatic heterocycles. The number of H-pyrrole nitrogens is 1. The number of carbonyl (C=O) groups is 1. The quantitative estimate of drug-likeness (QED) is 0.310. The fraction of sp³-hybridized carbons (Fsp3) is 0.304. The van der Waals surface area contributed by atoms with Gasteiger partial charge in [-0.2, -0.15) is 0 Å². The van der Waals surface area contributed by atoms with E-state index in [1.54, 1.807) is 18.0 Å². The van der Waals surface area contributed by atoms with Gasteiger partial charge in [0.2, 0.25) is 0 Å². The Labute approximate surface area is 180 Å². The van der Waals surface area contributed by atoms with Crippen LogP contribution >= 0.6 is 0 Å². The largest absolute Gasteiger partial charge is 0.482 e. The molecule has 0 bridgehead atoms. The van der Waals surface area contributed by atoms with Crippen LogP contribution in [-0.4, -0.2) is 50.1 Å². The van der Waals surface area contributed by atoms with Gasteiger partial charge >= 0.3 is 0 Å². The first-order valence-corrected chi connectivity index (χ1v) is 10.4. The molecule has 0 aliphatic carbocycles. The zero-order valence-electron chi connectivity index (χ0n) is 17.5. The summed E-state index contributed by atoms with van der Waals surface area (Å²) < 4.78 is 18.8. The van der Waals surface area contributed by atoms with Crippen LogP contribution in [0.25, 0.3) is 10.9 Å². The van der Waals surface area contributed by atoms with Gasteiger partial charge in [0.05, 0.1) is 5.69 Å². The monoisotopic (exact) mass is 423 g/mol. The van der Waals surface area contributed by atoms with Crippen molar-refractivity contribution in [3.63, 3.8) is 0 Å². The lowest BCUT2D eigenvalue weighted by Gasteiger charge is -2.29. The van der Waals surface area contributed by atoms with Crippen LogP contribution in [0.5, 0.6) is 5.75 Å². The number of aromatic nitrogens is 1. The molecule has 1 aromatic heterocycles. The molecule has 1 amide bonds. The molecule has 3 N–H and O–H groups in total. The maximum Gasteiger partial charge on any atom is 0.265 e. The summed E-state index contributed by atoms with van der Waals surface area (Å²) in [5, 5.41) is 7.61. The Bertz CT molecular complexity index is 1090. The van der Waals surface area contributed by atoms with Crippen LogP contribution < -0.4 is 20.3 Å². The topological polar surface area (TPSA) is 81.8 Å². The van der Waals surface area contributed by atoms with Crippen molar-refractivity contribution in [3.8, 4) is 5.75 Å². The van der Waals surface area contributed by atoms with Crippen molar-refractivity contribution in [2.45, 2.75) is 12.8 Å². The molecule has 31 heavy (non-hydrogen) atoms. The predicted octanol–water partition coefficient (Wildman–Crippen LogP) is 2.83. The third kappa shape index (κ3) is 4.79. The third-order valence-electron chi connectivity index (χ3n) is 5.30. The lowest BCUT2D eigenvalue weighted by molar-refractivity contribution is -0.121. The number of guanidine groups is 1. The number of anilines is 1. The van der Waals surface area contributed by atoms with E-state index in [0.29, 0.717) is 25.6 Å². The Kier molecular flexibility index (Phi) is 6.35. The number of hydrogen-bond donors (Lipinski definition) is 3. The van der Waals surface area contributed by atoms with Gasteiger partial charge in [-0.25, -0.2) is 4.39 Å². The molecule has 0 atom stereocenters. The van der Waals surface area contributed by atoms with Crippen molar-refractivity contribution >= 4 is 28.5 Å². The second-order valence-electron chi connectivity index (χ2n) is 7.33. The summed E-state index contributed by atoms with van der Waals surface area (Å²) in [6.45, 7) is 2.06. The minimum absolute atomic E-state index is 0.0279. The van der Waals surface area contributed by atoms with Crippen LogP contribution in [0, 0.1) is 5.82 Å². The zero-order chi connectivity index (χ0) is 21.6. The Morgan fingerprint density at radius 3 is 2.94 bits per heavy atom. The minimum atomic E-state index is -0.245. The Balaban J connectivity index is 1.23. The van der Waals surface area contributed by atoms with Crippen molar-refractivity contribution < 1.29 is 13.9 Å². The van der Waals surface area contributed by atoms with E-state index in [-0.39, 0.29) is 18.3 Å². The smallest absolute Gasteiger partial charge is 0.265 e. The summed E-state index contributed by atoms with van der Waals surface area (Å²) in [7, 11) is 1.73. The van der Waals surface area contributed by atoms with Crippen molar-refractivity contribution in [3.05, 3.63) is 60.0 Å². The van der Waals surface area contributed by atoms with Gasteiger partial charge in [0.15, 0.2) is 12.6 Å². The summed E-state index contributed by atoms with van der Waals surface area (Å²) in [5.41, 5.74) is 2.75. The number of rotatable bonds is 7. The average Bonchev–Trinajstić information content (AvgIpc) is 3.18. The second-order valence-corrected chi connectivity index (χ2v) is 7.33. The molecule has 0 spiro atoms. The number of hydrogen-bond acceptors (Lipinski definition) is 3. The highest BCUT2D eigenvalue weighted by Gasteiger charge is 2.24. The number of aromatic amines is 1. The molecule has 2 heterocycles. The molecular weight excluding hydrogens is 397 g/mol. The number of nitrogens with one attached hydrogen (secondary N) is 3. The van der Waals surface area contributed by atoms with Gasteiger partial charge in [-0.15, -0.1) is 0 Å². The van der Waals surface area contributed by atoms with Crippen LogP contribution in [-0.2, 0) is 11.2 Å². The molecule has 3 aromatic rings. The molecule has 0 saturated heterocycles. The van der Waals surface area contributed by atoms with Gasteiger partial charge in [0.25, 0.3) is 5.91 Å². The van der Waals surface area contributed by atoms with Gasteiger partial charge in [-0.1, -0.05) is 12.1 Å². The van der Waals surface area contributed by atoms with Crippen molar-refractivity contribution in [2.24, 2.45) is 4.99 Å². The fourth-order valence-electron chi connectivity index (χ4n) is 3.74. The third-order valence-corrected chi connectivity index (χ3v) is 5.30. The number of carbonyl (C=O) groups excluding carboxylic acids is 1. The number of fused-ring (bicyclic) bond motifs is 2. The van der Waals surface area contributed by atoms with Crippen LogP contribution in [0.1, 0.15) is 12.0 Å². The van der Waals surface area contributed by atoms with E-state index in [0.717, 1.165) is 40.7 Å². The number of benzene rings is 2. The second kappa shape index (κ2) is 9.51. The molecule has 162 valence electrons. The van der Waals surface area contributed by atoms with Crippen LogP contribution in [0.2, 0.25) is 0 Å². The normalized spacial score (nSPS) is 13.8. The molecular formula is C23H26FN5O2. The van der Waals surface area contributed by atoms with Crippen molar-refractivity contribution in [2.75, 3.05) is 38.2 Å². The average molecular weight is 423 g/mol. The molecule has 0 fully saturated rings. The Hall–Kier alpha value is -3.55. The Morgan fingerprint density at radius 2 is 2.06 bits per heavy atom. The van der Waals surface area contributed by atoms with E-state index in [2.05, 4.69) is 20.6 Å². The van der Waals surface area contributed by atoms with E-state index < -0.39 is 0 Å².